The lowest BCUT2D eigenvalue weighted by atomic mass is 9.91. The smallest absolute Gasteiger partial charge is 0.201 e. The van der Waals surface area contributed by atoms with Crippen LogP contribution in [0.2, 0.25) is 0 Å². The highest BCUT2D eigenvalue weighted by atomic mass is 32.1. The number of imidazole rings is 1. The predicted molar refractivity (Wildman–Crippen MR) is 81.4 cm³/mol. The lowest BCUT2D eigenvalue weighted by molar-refractivity contribution is 0.453. The maximum atomic E-state index is 13.8. The molecule has 0 unspecified atom stereocenters. The molecule has 0 spiro atoms. The van der Waals surface area contributed by atoms with Gasteiger partial charge >= 0.3 is 0 Å². The van der Waals surface area contributed by atoms with Crippen molar-refractivity contribution in [3.8, 4) is 0 Å². The van der Waals surface area contributed by atoms with Gasteiger partial charge in [0.15, 0.2) is 5.82 Å². The number of hydrogen-bond donors (Lipinski definition) is 1. The van der Waals surface area contributed by atoms with E-state index in [1.165, 1.54) is 10.9 Å². The van der Waals surface area contributed by atoms with Crippen molar-refractivity contribution in [1.82, 2.24) is 9.55 Å². The fraction of sp³-hybridized carbons (Fsp3) is 0.267. The van der Waals surface area contributed by atoms with Crippen molar-refractivity contribution in [3.63, 3.8) is 0 Å². The van der Waals surface area contributed by atoms with Crippen molar-refractivity contribution >= 4 is 28.3 Å². The molecule has 2 N–H and O–H groups in total. The van der Waals surface area contributed by atoms with Crippen LogP contribution in [0.5, 0.6) is 0 Å². The highest BCUT2D eigenvalue weighted by molar-refractivity contribution is 7.10. The number of anilines is 1. The summed E-state index contributed by atoms with van der Waals surface area (Å²) >= 11 is 1.72. The third-order valence-corrected chi connectivity index (χ3v) is 4.74. The Bertz CT molecular complexity index is 744. The molecule has 0 saturated carbocycles. The summed E-state index contributed by atoms with van der Waals surface area (Å²) in [6.07, 6.45) is 0. The molecular weight excluding hydrogens is 273 g/mol. The first kappa shape index (κ1) is 13.1. The number of benzene rings is 1. The molecule has 5 heteroatoms. The van der Waals surface area contributed by atoms with E-state index in [9.17, 15) is 4.39 Å². The van der Waals surface area contributed by atoms with Crippen molar-refractivity contribution in [2.45, 2.75) is 25.8 Å². The maximum Gasteiger partial charge on any atom is 0.201 e. The summed E-state index contributed by atoms with van der Waals surface area (Å²) < 4.78 is 15.6. The van der Waals surface area contributed by atoms with E-state index >= 15 is 0 Å². The van der Waals surface area contributed by atoms with Crippen LogP contribution in [-0.4, -0.2) is 9.55 Å². The second kappa shape index (κ2) is 4.59. The van der Waals surface area contributed by atoms with Crippen LogP contribution in [0.4, 0.5) is 10.3 Å². The van der Waals surface area contributed by atoms with E-state index < -0.39 is 0 Å². The van der Waals surface area contributed by atoms with Crippen molar-refractivity contribution in [1.29, 1.82) is 0 Å². The molecule has 3 nitrogen and oxygen atoms in total. The van der Waals surface area contributed by atoms with E-state index in [0.717, 1.165) is 5.52 Å². The van der Waals surface area contributed by atoms with Gasteiger partial charge in [-0.2, -0.15) is 0 Å². The van der Waals surface area contributed by atoms with Crippen LogP contribution < -0.4 is 5.73 Å². The second-order valence-corrected chi connectivity index (χ2v) is 6.47. The van der Waals surface area contributed by atoms with E-state index in [4.69, 9.17) is 5.73 Å². The number of para-hydroxylation sites is 1. The van der Waals surface area contributed by atoms with Crippen molar-refractivity contribution in [2.24, 2.45) is 0 Å². The Labute approximate surface area is 120 Å². The monoisotopic (exact) mass is 289 g/mol. The van der Waals surface area contributed by atoms with Gasteiger partial charge in [-0.25, -0.2) is 9.37 Å². The number of nitrogens with two attached hydrogens (primary N) is 1. The Balaban J connectivity index is 2.07. The van der Waals surface area contributed by atoms with Crippen LogP contribution in [0.3, 0.4) is 0 Å². The summed E-state index contributed by atoms with van der Waals surface area (Å²) in [6.45, 7) is 4.98. The minimum Gasteiger partial charge on any atom is -0.369 e. The largest absolute Gasteiger partial charge is 0.369 e. The molecule has 0 amide bonds. The van der Waals surface area contributed by atoms with Gasteiger partial charge in [0.2, 0.25) is 5.95 Å². The molecule has 20 heavy (non-hydrogen) atoms. The molecule has 2 heterocycles. The lowest BCUT2D eigenvalue weighted by Gasteiger charge is -2.24. The van der Waals surface area contributed by atoms with Crippen LogP contribution in [0.25, 0.3) is 11.0 Å². The minimum atomic E-state index is -0.332. The average Bonchev–Trinajstić information content (AvgIpc) is 3.01. The molecule has 3 aromatic rings. The Morgan fingerprint density at radius 3 is 2.80 bits per heavy atom. The zero-order chi connectivity index (χ0) is 14.3. The molecule has 0 aliphatic heterocycles. The van der Waals surface area contributed by atoms with Crippen LogP contribution in [0.1, 0.15) is 18.7 Å². The van der Waals surface area contributed by atoms with Gasteiger partial charge in [0.25, 0.3) is 0 Å². The first-order chi connectivity index (χ1) is 9.49. The van der Waals surface area contributed by atoms with Gasteiger partial charge in [-0.15, -0.1) is 11.3 Å². The maximum absolute atomic E-state index is 13.8. The van der Waals surface area contributed by atoms with E-state index in [1.54, 1.807) is 17.4 Å². The molecule has 0 aliphatic rings. The Kier molecular flexibility index (Phi) is 3.01. The highest BCUT2D eigenvalue weighted by Gasteiger charge is 2.25. The standard InChI is InChI=1S/C15H16FN3S/c1-15(2,12-7-4-8-20-12)9-19-11-6-3-5-10(16)13(11)18-14(19)17/h3-8H,9H2,1-2H3,(H2,17,18). The quantitative estimate of drug-likeness (QED) is 0.797. The molecule has 104 valence electrons. The van der Waals surface area contributed by atoms with Crippen LogP contribution >= 0.6 is 11.3 Å². The summed E-state index contributed by atoms with van der Waals surface area (Å²) in [7, 11) is 0. The third-order valence-electron chi connectivity index (χ3n) is 3.50. The molecule has 0 atom stereocenters. The second-order valence-electron chi connectivity index (χ2n) is 5.52. The van der Waals surface area contributed by atoms with E-state index in [0.29, 0.717) is 18.0 Å². The fourth-order valence-electron chi connectivity index (χ4n) is 2.43. The number of nitrogen functional groups attached to an aromatic ring is 1. The molecule has 1 aromatic carbocycles. The van der Waals surface area contributed by atoms with Gasteiger partial charge in [-0.05, 0) is 23.6 Å². The van der Waals surface area contributed by atoms with E-state index in [-0.39, 0.29) is 11.2 Å². The molecule has 0 aliphatic carbocycles. The average molecular weight is 289 g/mol. The number of rotatable bonds is 3. The van der Waals surface area contributed by atoms with Gasteiger partial charge in [0, 0.05) is 16.8 Å². The van der Waals surface area contributed by atoms with Crippen molar-refractivity contribution in [2.75, 3.05) is 5.73 Å². The first-order valence-electron chi connectivity index (χ1n) is 6.43. The summed E-state index contributed by atoms with van der Waals surface area (Å²) in [5.41, 5.74) is 6.97. The Hall–Kier alpha value is -1.88. The summed E-state index contributed by atoms with van der Waals surface area (Å²) in [5.74, 6) is 0.0246. The Morgan fingerprint density at radius 1 is 1.30 bits per heavy atom. The van der Waals surface area contributed by atoms with Gasteiger partial charge in [0.1, 0.15) is 5.52 Å². The SMILES string of the molecule is CC(C)(Cn1c(N)nc2c(F)cccc21)c1cccs1. The fourth-order valence-corrected chi connectivity index (χ4v) is 3.28. The molecule has 0 bridgehead atoms. The van der Waals surface area contributed by atoms with Crippen molar-refractivity contribution < 1.29 is 4.39 Å². The summed E-state index contributed by atoms with van der Waals surface area (Å²) in [5, 5.41) is 2.06. The van der Waals surface area contributed by atoms with Gasteiger partial charge in [0.05, 0.1) is 5.52 Å². The Morgan fingerprint density at radius 2 is 2.10 bits per heavy atom. The van der Waals surface area contributed by atoms with Gasteiger partial charge in [-0.3, -0.25) is 0 Å². The normalized spacial score (nSPS) is 12.2. The third kappa shape index (κ3) is 2.08. The van der Waals surface area contributed by atoms with E-state index in [2.05, 4.69) is 30.3 Å². The number of nitrogens with zero attached hydrogens (tertiary/aromatic N) is 2. The van der Waals surface area contributed by atoms with Gasteiger partial charge in [-0.1, -0.05) is 26.0 Å². The number of halogens is 1. The highest BCUT2D eigenvalue weighted by Crippen LogP contribution is 2.32. The van der Waals surface area contributed by atoms with Crippen molar-refractivity contribution in [3.05, 3.63) is 46.4 Å². The number of aromatic nitrogens is 2. The van der Waals surface area contributed by atoms with Crippen LogP contribution in [0, 0.1) is 5.82 Å². The summed E-state index contributed by atoms with van der Waals surface area (Å²) in [6, 6.07) is 9.10. The lowest BCUT2D eigenvalue weighted by Crippen LogP contribution is -2.24. The van der Waals surface area contributed by atoms with Gasteiger partial charge < -0.3 is 10.3 Å². The summed E-state index contributed by atoms with van der Waals surface area (Å²) in [4.78, 5) is 5.42. The number of hydrogen-bond acceptors (Lipinski definition) is 3. The zero-order valence-electron chi connectivity index (χ0n) is 11.4. The molecule has 2 aromatic heterocycles. The first-order valence-corrected chi connectivity index (χ1v) is 7.31. The molecule has 0 radical (unpaired) electrons. The van der Waals surface area contributed by atoms with Crippen LogP contribution in [-0.2, 0) is 12.0 Å². The number of fused-ring (bicyclic) bond motifs is 1. The number of thiophene rings is 1. The topological polar surface area (TPSA) is 43.8 Å². The zero-order valence-corrected chi connectivity index (χ0v) is 12.2. The van der Waals surface area contributed by atoms with Crippen LogP contribution in [0.15, 0.2) is 35.7 Å². The molecule has 3 rings (SSSR count). The molecule has 0 saturated heterocycles. The predicted octanol–water partition coefficient (Wildman–Crippen LogP) is 3.80. The van der Waals surface area contributed by atoms with E-state index in [1.807, 2.05) is 16.7 Å². The molecule has 0 fully saturated rings. The minimum absolute atomic E-state index is 0.0811. The molecular formula is C15H16FN3S.